The first-order valence-electron chi connectivity index (χ1n) is 6.39. The maximum atomic E-state index is 12.3. The SMILES string of the molecule is Cc1ccc(C2NC(C)C(=O)N2C2CCOC2)s1. The number of ether oxygens (including phenoxy) is 1. The van der Waals surface area contributed by atoms with Gasteiger partial charge in [-0.1, -0.05) is 0 Å². The molecule has 4 nitrogen and oxygen atoms in total. The molecule has 2 aliphatic rings. The van der Waals surface area contributed by atoms with Crippen molar-refractivity contribution in [1.82, 2.24) is 10.2 Å². The van der Waals surface area contributed by atoms with Gasteiger partial charge < -0.3 is 9.64 Å². The molecule has 3 heterocycles. The molecule has 5 heteroatoms. The third-order valence-corrected chi connectivity index (χ3v) is 4.69. The summed E-state index contributed by atoms with van der Waals surface area (Å²) in [5.74, 6) is 0.196. The molecule has 0 spiro atoms. The summed E-state index contributed by atoms with van der Waals surface area (Å²) >= 11 is 1.75. The van der Waals surface area contributed by atoms with Gasteiger partial charge in [-0.3, -0.25) is 10.1 Å². The fourth-order valence-corrected chi connectivity index (χ4v) is 3.63. The summed E-state index contributed by atoms with van der Waals surface area (Å²) in [4.78, 5) is 16.8. The summed E-state index contributed by atoms with van der Waals surface area (Å²) < 4.78 is 5.42. The third kappa shape index (κ3) is 1.96. The number of amides is 1. The molecule has 0 aliphatic carbocycles. The predicted octanol–water partition coefficient (Wildman–Crippen LogP) is 1.66. The second kappa shape index (κ2) is 4.64. The monoisotopic (exact) mass is 266 g/mol. The van der Waals surface area contributed by atoms with Crippen LogP contribution in [0.1, 0.15) is 29.3 Å². The maximum Gasteiger partial charge on any atom is 0.241 e. The number of nitrogens with one attached hydrogen (secondary N) is 1. The molecule has 3 atom stereocenters. The topological polar surface area (TPSA) is 41.6 Å². The highest BCUT2D eigenvalue weighted by atomic mass is 32.1. The van der Waals surface area contributed by atoms with Crippen LogP contribution in [0, 0.1) is 6.92 Å². The van der Waals surface area contributed by atoms with Gasteiger partial charge in [0, 0.05) is 16.4 Å². The van der Waals surface area contributed by atoms with E-state index in [1.54, 1.807) is 11.3 Å². The largest absolute Gasteiger partial charge is 0.379 e. The van der Waals surface area contributed by atoms with Crippen molar-refractivity contribution in [2.75, 3.05) is 13.2 Å². The normalized spacial score (nSPS) is 32.4. The van der Waals surface area contributed by atoms with Crippen molar-refractivity contribution in [1.29, 1.82) is 0 Å². The van der Waals surface area contributed by atoms with E-state index in [-0.39, 0.29) is 24.2 Å². The molecule has 0 bridgehead atoms. The maximum absolute atomic E-state index is 12.3. The zero-order valence-electron chi connectivity index (χ0n) is 10.7. The van der Waals surface area contributed by atoms with Crippen LogP contribution in [0.5, 0.6) is 0 Å². The van der Waals surface area contributed by atoms with Crippen molar-refractivity contribution in [3.8, 4) is 0 Å². The first-order valence-corrected chi connectivity index (χ1v) is 7.21. The molecular weight excluding hydrogens is 248 g/mol. The Balaban J connectivity index is 1.89. The fraction of sp³-hybridized carbons (Fsp3) is 0.615. The number of hydrogen-bond acceptors (Lipinski definition) is 4. The highest BCUT2D eigenvalue weighted by Gasteiger charge is 2.42. The number of hydrogen-bond donors (Lipinski definition) is 1. The van der Waals surface area contributed by atoms with Gasteiger partial charge in [-0.05, 0) is 32.4 Å². The second-order valence-electron chi connectivity index (χ2n) is 5.00. The molecule has 3 unspecified atom stereocenters. The molecule has 2 fully saturated rings. The number of rotatable bonds is 2. The summed E-state index contributed by atoms with van der Waals surface area (Å²) in [5, 5.41) is 3.39. The average Bonchev–Trinajstić information content (AvgIpc) is 3.02. The van der Waals surface area contributed by atoms with Gasteiger partial charge in [-0.15, -0.1) is 11.3 Å². The Hall–Kier alpha value is -0.910. The van der Waals surface area contributed by atoms with Crippen LogP contribution in [0.15, 0.2) is 12.1 Å². The molecule has 0 radical (unpaired) electrons. The lowest BCUT2D eigenvalue weighted by Crippen LogP contribution is -2.40. The summed E-state index contributed by atoms with van der Waals surface area (Å²) in [6.45, 7) is 5.46. The Morgan fingerprint density at radius 1 is 1.50 bits per heavy atom. The van der Waals surface area contributed by atoms with E-state index < -0.39 is 0 Å². The minimum absolute atomic E-state index is 0.0258. The van der Waals surface area contributed by atoms with Crippen molar-refractivity contribution in [2.24, 2.45) is 0 Å². The number of aryl methyl sites for hydroxylation is 1. The zero-order valence-corrected chi connectivity index (χ0v) is 11.5. The van der Waals surface area contributed by atoms with Gasteiger partial charge in [0.05, 0.1) is 18.7 Å². The Labute approximate surface area is 111 Å². The molecule has 1 N–H and O–H groups in total. The fourth-order valence-electron chi connectivity index (χ4n) is 2.69. The van der Waals surface area contributed by atoms with Gasteiger partial charge in [0.2, 0.25) is 5.91 Å². The van der Waals surface area contributed by atoms with Crippen LogP contribution in [0.3, 0.4) is 0 Å². The standard InChI is InChI=1S/C13H18N2O2S/c1-8-3-4-11(18-8)12-14-9(2)13(16)15(12)10-5-6-17-7-10/h3-4,9-10,12,14H,5-7H2,1-2H3. The molecule has 2 aliphatic heterocycles. The molecule has 18 heavy (non-hydrogen) atoms. The smallest absolute Gasteiger partial charge is 0.241 e. The molecule has 2 saturated heterocycles. The van der Waals surface area contributed by atoms with Crippen molar-refractivity contribution in [3.63, 3.8) is 0 Å². The Kier molecular flexibility index (Phi) is 3.13. The highest BCUT2D eigenvalue weighted by Crippen LogP contribution is 2.33. The van der Waals surface area contributed by atoms with Crippen LogP contribution in [-0.2, 0) is 9.53 Å². The minimum Gasteiger partial charge on any atom is -0.379 e. The van der Waals surface area contributed by atoms with Crippen LogP contribution in [0.2, 0.25) is 0 Å². The predicted molar refractivity (Wildman–Crippen MR) is 70.5 cm³/mol. The van der Waals surface area contributed by atoms with Gasteiger partial charge in [-0.25, -0.2) is 0 Å². The highest BCUT2D eigenvalue weighted by molar-refractivity contribution is 7.12. The van der Waals surface area contributed by atoms with Gasteiger partial charge in [0.25, 0.3) is 0 Å². The van der Waals surface area contributed by atoms with E-state index in [1.165, 1.54) is 9.75 Å². The Morgan fingerprint density at radius 3 is 2.94 bits per heavy atom. The second-order valence-corrected chi connectivity index (χ2v) is 6.32. The van der Waals surface area contributed by atoms with Crippen molar-refractivity contribution < 1.29 is 9.53 Å². The van der Waals surface area contributed by atoms with Gasteiger partial charge in [-0.2, -0.15) is 0 Å². The van der Waals surface area contributed by atoms with E-state index >= 15 is 0 Å². The molecule has 0 aromatic carbocycles. The van der Waals surface area contributed by atoms with Crippen molar-refractivity contribution in [2.45, 2.75) is 38.5 Å². The third-order valence-electron chi connectivity index (χ3n) is 3.64. The number of carbonyl (C=O) groups is 1. The Bertz CT molecular complexity index is 454. The van der Waals surface area contributed by atoms with Crippen molar-refractivity contribution in [3.05, 3.63) is 21.9 Å². The Morgan fingerprint density at radius 2 is 2.33 bits per heavy atom. The van der Waals surface area contributed by atoms with E-state index in [9.17, 15) is 4.79 Å². The average molecular weight is 266 g/mol. The molecule has 98 valence electrons. The van der Waals surface area contributed by atoms with Crippen molar-refractivity contribution >= 4 is 17.2 Å². The zero-order chi connectivity index (χ0) is 12.7. The summed E-state index contributed by atoms with van der Waals surface area (Å²) in [6.07, 6.45) is 0.971. The van der Waals surface area contributed by atoms with Gasteiger partial charge >= 0.3 is 0 Å². The molecule has 3 rings (SSSR count). The van der Waals surface area contributed by atoms with E-state index in [4.69, 9.17) is 4.74 Å². The molecular formula is C13H18N2O2S. The number of carbonyl (C=O) groups excluding carboxylic acids is 1. The lowest BCUT2D eigenvalue weighted by atomic mass is 10.2. The lowest BCUT2D eigenvalue weighted by molar-refractivity contribution is -0.132. The molecule has 1 aromatic rings. The molecule has 1 aromatic heterocycles. The van der Waals surface area contributed by atoms with E-state index in [0.717, 1.165) is 13.0 Å². The minimum atomic E-state index is -0.0991. The summed E-state index contributed by atoms with van der Waals surface area (Å²) in [6, 6.07) is 4.35. The number of thiophene rings is 1. The molecule has 0 saturated carbocycles. The van der Waals surface area contributed by atoms with Crippen LogP contribution in [0.4, 0.5) is 0 Å². The van der Waals surface area contributed by atoms with E-state index in [2.05, 4.69) is 24.4 Å². The van der Waals surface area contributed by atoms with Gasteiger partial charge in [0.1, 0.15) is 6.17 Å². The summed E-state index contributed by atoms with van der Waals surface area (Å²) in [7, 11) is 0. The quantitative estimate of drug-likeness (QED) is 0.885. The van der Waals surface area contributed by atoms with Crippen LogP contribution in [-0.4, -0.2) is 36.1 Å². The first kappa shape index (κ1) is 12.1. The van der Waals surface area contributed by atoms with Crippen LogP contribution in [0.25, 0.3) is 0 Å². The van der Waals surface area contributed by atoms with Crippen LogP contribution >= 0.6 is 11.3 Å². The van der Waals surface area contributed by atoms with E-state index in [1.807, 2.05) is 11.8 Å². The van der Waals surface area contributed by atoms with E-state index in [0.29, 0.717) is 6.61 Å². The lowest BCUT2D eigenvalue weighted by Gasteiger charge is -2.28. The summed E-state index contributed by atoms with van der Waals surface area (Å²) in [5.41, 5.74) is 0. The first-order chi connectivity index (χ1) is 8.66. The van der Waals surface area contributed by atoms with Crippen LogP contribution < -0.4 is 5.32 Å². The number of nitrogens with zero attached hydrogens (tertiary/aromatic N) is 1. The molecule has 1 amide bonds. The van der Waals surface area contributed by atoms with Gasteiger partial charge in [0.15, 0.2) is 0 Å².